The number of hydrogen-bond donors (Lipinski definition) is 0. The smallest absolute Gasteiger partial charge is 0.0439 e. The van der Waals surface area contributed by atoms with Gasteiger partial charge < -0.3 is 0 Å². The van der Waals surface area contributed by atoms with E-state index in [0.29, 0.717) is 0 Å². The molecule has 1 unspecified atom stereocenters. The molecule has 1 aliphatic rings. The third-order valence-corrected chi connectivity index (χ3v) is 8.59. The summed E-state index contributed by atoms with van der Waals surface area (Å²) in [6.45, 7) is 7.20. The third kappa shape index (κ3) is 7.27. The molecule has 0 aromatic heterocycles. The van der Waals surface area contributed by atoms with Crippen molar-refractivity contribution in [3.05, 3.63) is 149 Å². The first-order valence-corrected chi connectivity index (χ1v) is 15.4. The predicted molar refractivity (Wildman–Crippen MR) is 158 cm³/mol. The van der Waals surface area contributed by atoms with Crippen LogP contribution in [0.15, 0.2) is 127 Å². The zero-order valence-electron chi connectivity index (χ0n) is 21.4. The van der Waals surface area contributed by atoms with Crippen molar-refractivity contribution in [1.82, 2.24) is 0 Å². The maximum atomic E-state index is 2.45. The van der Waals surface area contributed by atoms with Crippen LogP contribution in [0.5, 0.6) is 0 Å². The number of allylic oxidation sites excluding steroid dienone is 3. The molecule has 0 nitrogen and oxygen atoms in total. The van der Waals surface area contributed by atoms with Gasteiger partial charge in [-0.15, -0.1) is 0 Å². The molecule has 5 rings (SSSR count). The van der Waals surface area contributed by atoms with E-state index in [2.05, 4.69) is 123 Å². The molecule has 0 saturated carbocycles. The van der Waals surface area contributed by atoms with Crippen molar-refractivity contribution >= 4 is 27.0 Å². The SMILES string of the molecule is C(C=Cc1ccccc1)=Cc1ccccc1.CC1=Cc2c(-c3ccccc3)cccc2C1[SiH](C)C.[Ti]. The summed E-state index contributed by atoms with van der Waals surface area (Å²) >= 11 is 0. The summed E-state index contributed by atoms with van der Waals surface area (Å²) in [6.07, 6.45) is 10.7. The zero-order valence-corrected chi connectivity index (χ0v) is 24.2. The maximum absolute atomic E-state index is 2.45. The minimum atomic E-state index is -0.701. The fourth-order valence-corrected chi connectivity index (χ4v) is 6.95. The van der Waals surface area contributed by atoms with Crippen LogP contribution in [0, 0.1) is 0 Å². The van der Waals surface area contributed by atoms with E-state index in [9.17, 15) is 0 Å². The molecule has 0 amide bonds. The molecule has 0 aliphatic heterocycles. The fraction of sp³-hybridized carbons (Fsp3) is 0.118. The van der Waals surface area contributed by atoms with Gasteiger partial charge >= 0.3 is 0 Å². The summed E-state index contributed by atoms with van der Waals surface area (Å²) in [5.74, 6) is 0. The molecule has 2 heteroatoms. The molecule has 4 aromatic carbocycles. The van der Waals surface area contributed by atoms with Gasteiger partial charge in [0.2, 0.25) is 0 Å². The quantitative estimate of drug-likeness (QED) is 0.182. The van der Waals surface area contributed by atoms with Crippen LogP contribution < -0.4 is 0 Å². The average Bonchev–Trinajstić information content (AvgIpc) is 3.25. The first-order valence-electron chi connectivity index (χ1n) is 12.4. The molecule has 0 spiro atoms. The molecular formula is C34H34SiTi. The summed E-state index contributed by atoms with van der Waals surface area (Å²) in [5.41, 5.74) is 10.4. The molecular weight excluding hydrogens is 484 g/mol. The van der Waals surface area contributed by atoms with E-state index in [-0.39, 0.29) is 21.7 Å². The molecule has 4 aromatic rings. The Kier molecular flexibility index (Phi) is 10.7. The van der Waals surface area contributed by atoms with E-state index in [1.807, 2.05) is 36.4 Å². The Morgan fingerprint density at radius 1 is 0.611 bits per heavy atom. The molecule has 0 saturated heterocycles. The second-order valence-electron chi connectivity index (χ2n) is 9.32. The van der Waals surface area contributed by atoms with Gasteiger partial charge in [0.1, 0.15) is 0 Å². The number of benzene rings is 4. The topological polar surface area (TPSA) is 0 Å². The summed E-state index contributed by atoms with van der Waals surface area (Å²) in [6, 6.07) is 38.1. The largest absolute Gasteiger partial charge is 0.0714 e. The Balaban J connectivity index is 0.000000198. The van der Waals surface area contributed by atoms with E-state index >= 15 is 0 Å². The normalized spacial score (nSPS) is 14.2. The molecule has 0 fully saturated rings. The van der Waals surface area contributed by atoms with Crippen molar-refractivity contribution < 1.29 is 21.7 Å². The number of fused-ring (bicyclic) bond motifs is 1. The Labute approximate surface area is 233 Å². The monoisotopic (exact) mass is 518 g/mol. The second kappa shape index (κ2) is 13.9. The van der Waals surface area contributed by atoms with Gasteiger partial charge in [-0.3, -0.25) is 0 Å². The maximum Gasteiger partial charge on any atom is 0.0439 e. The van der Waals surface area contributed by atoms with Crippen molar-refractivity contribution in [2.24, 2.45) is 0 Å². The molecule has 0 N–H and O–H groups in total. The van der Waals surface area contributed by atoms with Crippen molar-refractivity contribution in [2.75, 3.05) is 0 Å². The van der Waals surface area contributed by atoms with E-state index < -0.39 is 8.80 Å². The summed E-state index contributed by atoms with van der Waals surface area (Å²) in [5, 5.41) is 0. The molecule has 1 aliphatic carbocycles. The van der Waals surface area contributed by atoms with E-state index in [1.165, 1.54) is 27.8 Å². The molecule has 36 heavy (non-hydrogen) atoms. The van der Waals surface area contributed by atoms with Crippen LogP contribution in [-0.4, -0.2) is 8.80 Å². The van der Waals surface area contributed by atoms with Gasteiger partial charge in [-0.05, 0) is 45.8 Å². The van der Waals surface area contributed by atoms with Crippen LogP contribution in [-0.2, 0) is 21.7 Å². The molecule has 178 valence electrons. The predicted octanol–water partition coefficient (Wildman–Crippen LogP) is 9.29. The van der Waals surface area contributed by atoms with Gasteiger partial charge in [-0.2, -0.15) is 0 Å². The summed E-state index contributed by atoms with van der Waals surface area (Å²) in [7, 11) is -0.701. The standard InChI is InChI=1S/C18H20Si.C16H14.Ti/c1-13-12-17-15(14-8-5-4-6-9-14)10-7-11-16(17)18(13)19(2)3;1-3-9-15(10-4-1)13-7-8-14-16-11-5-2-6-12-16;/h4-12,18-19H,1-3H3;1-14H;. The Bertz CT molecular complexity index is 1260. The van der Waals surface area contributed by atoms with Crippen molar-refractivity contribution in [3.63, 3.8) is 0 Å². The van der Waals surface area contributed by atoms with Crippen LogP contribution in [0.2, 0.25) is 13.1 Å². The first kappa shape index (κ1) is 27.6. The zero-order chi connectivity index (χ0) is 24.5. The van der Waals surface area contributed by atoms with Gasteiger partial charge in [-0.25, -0.2) is 0 Å². The van der Waals surface area contributed by atoms with E-state index in [0.717, 1.165) is 5.54 Å². The molecule has 0 bridgehead atoms. The minimum Gasteiger partial charge on any atom is -0.0714 e. The second-order valence-corrected chi connectivity index (χ2v) is 12.5. The van der Waals surface area contributed by atoms with E-state index in [4.69, 9.17) is 0 Å². The van der Waals surface area contributed by atoms with Gasteiger partial charge in [0.15, 0.2) is 0 Å². The van der Waals surface area contributed by atoms with Crippen molar-refractivity contribution in [3.8, 4) is 11.1 Å². The van der Waals surface area contributed by atoms with Crippen LogP contribution in [0.3, 0.4) is 0 Å². The molecule has 1 atom stereocenters. The van der Waals surface area contributed by atoms with Crippen LogP contribution in [0.25, 0.3) is 29.4 Å². The Morgan fingerprint density at radius 2 is 1.11 bits per heavy atom. The third-order valence-electron chi connectivity index (χ3n) is 6.38. The van der Waals surface area contributed by atoms with Gasteiger partial charge in [0.25, 0.3) is 0 Å². The number of rotatable bonds is 5. The summed E-state index contributed by atoms with van der Waals surface area (Å²) < 4.78 is 0. The Morgan fingerprint density at radius 3 is 1.61 bits per heavy atom. The van der Waals surface area contributed by atoms with Crippen molar-refractivity contribution in [2.45, 2.75) is 25.6 Å². The van der Waals surface area contributed by atoms with E-state index in [1.54, 1.807) is 11.1 Å². The van der Waals surface area contributed by atoms with Crippen molar-refractivity contribution in [1.29, 1.82) is 0 Å². The Hall–Kier alpha value is -2.97. The molecule has 0 radical (unpaired) electrons. The minimum absolute atomic E-state index is 0. The van der Waals surface area contributed by atoms with Crippen LogP contribution >= 0.6 is 0 Å². The van der Waals surface area contributed by atoms with Gasteiger partial charge in [0, 0.05) is 30.5 Å². The summed E-state index contributed by atoms with van der Waals surface area (Å²) in [4.78, 5) is 0. The fourth-order valence-electron chi connectivity index (χ4n) is 4.79. The number of hydrogen-bond acceptors (Lipinski definition) is 0. The van der Waals surface area contributed by atoms with Gasteiger partial charge in [-0.1, -0.05) is 158 Å². The van der Waals surface area contributed by atoms with Crippen LogP contribution in [0.1, 0.15) is 34.7 Å². The van der Waals surface area contributed by atoms with Gasteiger partial charge in [0.05, 0.1) is 0 Å². The first-order chi connectivity index (χ1) is 17.1. The van der Waals surface area contributed by atoms with Crippen LogP contribution in [0.4, 0.5) is 0 Å². The molecule has 0 heterocycles. The average molecular weight is 519 g/mol.